The van der Waals surface area contributed by atoms with Gasteiger partial charge in [-0.25, -0.2) is 0 Å². The van der Waals surface area contributed by atoms with Crippen LogP contribution in [0.2, 0.25) is 0 Å². The average molecular weight is 381 g/mol. The molecule has 1 N–H and O–H groups in total. The zero-order valence-corrected chi connectivity index (χ0v) is 15.5. The van der Waals surface area contributed by atoms with Crippen molar-refractivity contribution in [1.29, 1.82) is 0 Å². The molecule has 0 bridgehead atoms. The second kappa shape index (κ2) is 8.30. The van der Waals surface area contributed by atoms with Crippen LogP contribution < -0.4 is 10.1 Å². The number of ether oxygens (including phenoxy) is 1. The third-order valence-corrected chi connectivity index (χ3v) is 4.05. The van der Waals surface area contributed by atoms with Gasteiger partial charge in [-0.2, -0.15) is 0 Å². The maximum absolute atomic E-state index is 12.6. The third-order valence-electron chi connectivity index (χ3n) is 4.05. The standard InChI is InChI=1S/C19H19N5O4/c1-3-23-12-20-22-18(23)13-6-5-7-15(10-13)21-19(25)14-8-9-17(28-4-2)16(11-14)24(26)27/h5-12H,3-4H2,1-2H3,(H,21,25). The number of aryl methyl sites for hydroxylation is 1. The topological polar surface area (TPSA) is 112 Å². The van der Waals surface area contributed by atoms with E-state index in [2.05, 4.69) is 15.5 Å². The second-order valence-corrected chi connectivity index (χ2v) is 5.85. The number of nitrogens with one attached hydrogen (secondary N) is 1. The van der Waals surface area contributed by atoms with Crippen molar-refractivity contribution in [1.82, 2.24) is 14.8 Å². The second-order valence-electron chi connectivity index (χ2n) is 5.85. The van der Waals surface area contributed by atoms with E-state index in [1.54, 1.807) is 31.5 Å². The van der Waals surface area contributed by atoms with Crippen LogP contribution in [0.1, 0.15) is 24.2 Å². The van der Waals surface area contributed by atoms with Crippen LogP contribution in [-0.2, 0) is 6.54 Å². The predicted octanol–water partition coefficient (Wildman–Crippen LogP) is 3.52. The van der Waals surface area contributed by atoms with E-state index >= 15 is 0 Å². The molecule has 28 heavy (non-hydrogen) atoms. The van der Waals surface area contributed by atoms with Crippen molar-refractivity contribution in [2.75, 3.05) is 11.9 Å². The van der Waals surface area contributed by atoms with Gasteiger partial charge in [0, 0.05) is 29.4 Å². The molecule has 144 valence electrons. The van der Waals surface area contributed by atoms with Crippen molar-refractivity contribution in [3.05, 3.63) is 64.5 Å². The van der Waals surface area contributed by atoms with Crippen molar-refractivity contribution in [3.63, 3.8) is 0 Å². The number of nitrogens with zero attached hydrogens (tertiary/aromatic N) is 4. The van der Waals surface area contributed by atoms with Gasteiger partial charge in [0.1, 0.15) is 6.33 Å². The zero-order chi connectivity index (χ0) is 20.1. The molecule has 1 aromatic heterocycles. The first kappa shape index (κ1) is 19.0. The maximum atomic E-state index is 12.6. The number of nitro groups is 1. The molecule has 0 radical (unpaired) electrons. The fourth-order valence-electron chi connectivity index (χ4n) is 2.73. The molecule has 9 heteroatoms. The minimum Gasteiger partial charge on any atom is -0.487 e. The van der Waals surface area contributed by atoms with Gasteiger partial charge in [0.15, 0.2) is 11.6 Å². The Morgan fingerprint density at radius 2 is 2.07 bits per heavy atom. The normalized spacial score (nSPS) is 10.5. The molecule has 1 heterocycles. The Hall–Kier alpha value is -3.75. The van der Waals surface area contributed by atoms with Crippen LogP contribution in [0.5, 0.6) is 5.75 Å². The fourth-order valence-corrected chi connectivity index (χ4v) is 2.73. The van der Waals surface area contributed by atoms with Crippen molar-refractivity contribution in [2.45, 2.75) is 20.4 Å². The Bertz CT molecular complexity index is 1020. The van der Waals surface area contributed by atoms with Gasteiger partial charge in [0.05, 0.1) is 11.5 Å². The molecule has 0 aliphatic carbocycles. The van der Waals surface area contributed by atoms with E-state index in [1.807, 2.05) is 17.6 Å². The number of carbonyl (C=O) groups excluding carboxylic acids is 1. The summed E-state index contributed by atoms with van der Waals surface area (Å²) in [5.74, 6) is 0.362. The van der Waals surface area contributed by atoms with E-state index < -0.39 is 10.8 Å². The minimum atomic E-state index is -0.569. The van der Waals surface area contributed by atoms with Crippen LogP contribution in [0.3, 0.4) is 0 Å². The summed E-state index contributed by atoms with van der Waals surface area (Å²) in [5.41, 5.74) is 1.26. The highest BCUT2D eigenvalue weighted by molar-refractivity contribution is 6.05. The Morgan fingerprint density at radius 3 is 2.79 bits per heavy atom. The molecule has 0 saturated heterocycles. The average Bonchev–Trinajstić information content (AvgIpc) is 3.17. The molecule has 1 amide bonds. The monoisotopic (exact) mass is 381 g/mol. The molecule has 0 atom stereocenters. The van der Waals surface area contributed by atoms with Crippen LogP contribution in [0.15, 0.2) is 48.8 Å². The first-order valence-electron chi connectivity index (χ1n) is 8.74. The smallest absolute Gasteiger partial charge is 0.311 e. The van der Waals surface area contributed by atoms with Crippen molar-refractivity contribution in [2.24, 2.45) is 0 Å². The first-order chi connectivity index (χ1) is 13.5. The molecule has 0 saturated carbocycles. The lowest BCUT2D eigenvalue weighted by molar-refractivity contribution is -0.385. The van der Waals surface area contributed by atoms with Gasteiger partial charge < -0.3 is 14.6 Å². The molecule has 0 fully saturated rings. The van der Waals surface area contributed by atoms with E-state index in [-0.39, 0.29) is 17.0 Å². The first-order valence-corrected chi connectivity index (χ1v) is 8.74. The molecule has 0 aliphatic heterocycles. The molecule has 0 spiro atoms. The van der Waals surface area contributed by atoms with Crippen molar-refractivity contribution in [3.8, 4) is 17.1 Å². The largest absolute Gasteiger partial charge is 0.487 e. The lowest BCUT2D eigenvalue weighted by Gasteiger charge is -2.09. The highest BCUT2D eigenvalue weighted by atomic mass is 16.6. The number of hydrogen-bond acceptors (Lipinski definition) is 6. The van der Waals surface area contributed by atoms with Gasteiger partial charge in [-0.15, -0.1) is 10.2 Å². The number of rotatable bonds is 7. The van der Waals surface area contributed by atoms with Crippen LogP contribution in [0.25, 0.3) is 11.4 Å². The number of hydrogen-bond donors (Lipinski definition) is 1. The summed E-state index contributed by atoms with van der Waals surface area (Å²) < 4.78 is 7.13. The van der Waals surface area contributed by atoms with Crippen molar-refractivity contribution < 1.29 is 14.5 Å². The number of nitro benzene ring substituents is 1. The number of aromatic nitrogens is 3. The van der Waals surface area contributed by atoms with E-state index in [0.717, 1.165) is 12.1 Å². The van der Waals surface area contributed by atoms with Crippen molar-refractivity contribution >= 4 is 17.3 Å². The number of benzene rings is 2. The van der Waals surface area contributed by atoms with Crippen LogP contribution in [0, 0.1) is 10.1 Å². The summed E-state index contributed by atoms with van der Waals surface area (Å²) in [6.45, 7) is 4.73. The SMILES string of the molecule is CCOc1ccc(C(=O)Nc2cccc(-c3nncn3CC)c2)cc1[N+](=O)[O-]. The summed E-state index contributed by atoms with van der Waals surface area (Å²) in [6, 6.07) is 11.3. The van der Waals surface area contributed by atoms with Gasteiger partial charge in [0.2, 0.25) is 0 Å². The minimum absolute atomic E-state index is 0.130. The molecule has 9 nitrogen and oxygen atoms in total. The van der Waals surface area contributed by atoms with Gasteiger partial charge in [-0.3, -0.25) is 14.9 Å². The summed E-state index contributed by atoms with van der Waals surface area (Å²) in [6.07, 6.45) is 1.64. The van der Waals surface area contributed by atoms with E-state index in [9.17, 15) is 14.9 Å². The molecule has 2 aromatic carbocycles. The van der Waals surface area contributed by atoms with E-state index in [0.29, 0.717) is 18.1 Å². The van der Waals surface area contributed by atoms with Gasteiger partial charge in [-0.1, -0.05) is 12.1 Å². The third kappa shape index (κ3) is 3.98. The Labute approximate surface area is 161 Å². The van der Waals surface area contributed by atoms with Crippen LogP contribution >= 0.6 is 0 Å². The molecular weight excluding hydrogens is 362 g/mol. The zero-order valence-electron chi connectivity index (χ0n) is 15.5. The van der Waals surface area contributed by atoms with Gasteiger partial charge in [0.25, 0.3) is 5.91 Å². The number of carbonyl (C=O) groups is 1. The Kier molecular flexibility index (Phi) is 5.64. The predicted molar refractivity (Wildman–Crippen MR) is 103 cm³/mol. The van der Waals surface area contributed by atoms with Crippen LogP contribution in [0.4, 0.5) is 11.4 Å². The Morgan fingerprint density at radius 1 is 1.25 bits per heavy atom. The molecule has 3 rings (SSSR count). The number of amides is 1. The van der Waals surface area contributed by atoms with Gasteiger partial charge in [-0.05, 0) is 38.1 Å². The van der Waals surface area contributed by atoms with E-state index in [1.165, 1.54) is 18.2 Å². The molecule has 0 unspecified atom stereocenters. The molecule has 0 aliphatic rings. The van der Waals surface area contributed by atoms with E-state index in [4.69, 9.17) is 4.74 Å². The van der Waals surface area contributed by atoms with Crippen LogP contribution in [-0.4, -0.2) is 32.2 Å². The summed E-state index contributed by atoms with van der Waals surface area (Å²) in [5, 5.41) is 22.0. The Balaban J connectivity index is 1.85. The highest BCUT2D eigenvalue weighted by Gasteiger charge is 2.19. The number of anilines is 1. The summed E-state index contributed by atoms with van der Waals surface area (Å²) >= 11 is 0. The summed E-state index contributed by atoms with van der Waals surface area (Å²) in [4.78, 5) is 23.2. The quantitative estimate of drug-likeness (QED) is 0.495. The summed E-state index contributed by atoms with van der Waals surface area (Å²) in [7, 11) is 0. The van der Waals surface area contributed by atoms with Gasteiger partial charge >= 0.3 is 5.69 Å². The fraction of sp³-hybridized carbons (Fsp3) is 0.211. The maximum Gasteiger partial charge on any atom is 0.311 e. The lowest BCUT2D eigenvalue weighted by Crippen LogP contribution is -2.12. The molecular formula is C19H19N5O4. The molecule has 3 aromatic rings. The lowest BCUT2D eigenvalue weighted by atomic mass is 10.1. The highest BCUT2D eigenvalue weighted by Crippen LogP contribution is 2.28.